The number of carbonyl (C=O) groups is 1. The van der Waals surface area contributed by atoms with Crippen molar-refractivity contribution in [1.82, 2.24) is 0 Å². The first-order valence-electron chi connectivity index (χ1n) is 4.00. The molecule has 0 saturated heterocycles. The van der Waals surface area contributed by atoms with Gasteiger partial charge in [0.2, 0.25) is 5.82 Å². The molecule has 0 N–H and O–H groups in total. The predicted octanol–water partition coefficient (Wildman–Crippen LogP) is 1.83. The predicted molar refractivity (Wildman–Crippen MR) is 49.1 cm³/mol. The number of halogens is 1. The average Bonchev–Trinajstić information content (AvgIpc) is 2.16. The number of ether oxygens (including phenoxy) is 1. The molecule has 80 valence electrons. The monoisotopic (exact) mass is 213 g/mol. The molecular weight excluding hydrogens is 205 g/mol. The third kappa shape index (κ3) is 1.93. The summed E-state index contributed by atoms with van der Waals surface area (Å²) in [5.41, 5.74) is -0.836. The molecule has 0 aliphatic heterocycles. The fraction of sp³-hybridized carbons (Fsp3) is 0.222. The zero-order chi connectivity index (χ0) is 11.6. The van der Waals surface area contributed by atoms with Crippen LogP contribution >= 0.6 is 0 Å². The zero-order valence-electron chi connectivity index (χ0n) is 8.11. The molecule has 0 radical (unpaired) electrons. The highest BCUT2D eigenvalue weighted by atomic mass is 19.1. The van der Waals surface area contributed by atoms with E-state index in [1.54, 1.807) is 0 Å². The Kier molecular flexibility index (Phi) is 2.99. The minimum absolute atomic E-state index is 0.296. The van der Waals surface area contributed by atoms with Crippen molar-refractivity contribution in [2.45, 2.75) is 6.92 Å². The molecule has 15 heavy (non-hydrogen) atoms. The summed E-state index contributed by atoms with van der Waals surface area (Å²) in [4.78, 5) is 20.7. The van der Waals surface area contributed by atoms with E-state index in [4.69, 9.17) is 0 Å². The number of hydrogen-bond donors (Lipinski definition) is 0. The van der Waals surface area contributed by atoms with Crippen molar-refractivity contribution in [3.63, 3.8) is 0 Å². The van der Waals surface area contributed by atoms with E-state index in [1.807, 2.05) is 0 Å². The van der Waals surface area contributed by atoms with Crippen LogP contribution < -0.4 is 0 Å². The summed E-state index contributed by atoms with van der Waals surface area (Å²) in [7, 11) is 1.08. The Morgan fingerprint density at radius 3 is 2.60 bits per heavy atom. The molecule has 0 amide bonds. The fourth-order valence-corrected chi connectivity index (χ4v) is 1.16. The Hall–Kier alpha value is -1.98. The lowest BCUT2D eigenvalue weighted by Gasteiger charge is -2.04. The summed E-state index contributed by atoms with van der Waals surface area (Å²) in [6.45, 7) is 1.47. The molecule has 0 unspecified atom stereocenters. The Labute approximate surface area is 84.6 Å². The highest BCUT2D eigenvalue weighted by Crippen LogP contribution is 2.23. The van der Waals surface area contributed by atoms with Crippen molar-refractivity contribution in [2.24, 2.45) is 0 Å². The first-order chi connectivity index (χ1) is 6.99. The summed E-state index contributed by atoms with van der Waals surface area (Å²) in [6, 6.07) is 2.31. The molecule has 6 heteroatoms. The molecular formula is C9H8FNO4. The van der Waals surface area contributed by atoms with Gasteiger partial charge in [-0.1, -0.05) is 6.07 Å². The standard InChI is InChI=1S/C9H8FNO4/c1-5-3-4-6(11(13)14)8(10)7(5)9(12)15-2/h3-4H,1-2H3. The van der Waals surface area contributed by atoms with Gasteiger partial charge in [0.15, 0.2) is 0 Å². The van der Waals surface area contributed by atoms with Crippen molar-refractivity contribution >= 4 is 11.7 Å². The maximum Gasteiger partial charge on any atom is 0.341 e. The molecule has 0 fully saturated rings. The van der Waals surface area contributed by atoms with Gasteiger partial charge in [-0.3, -0.25) is 10.1 Å². The van der Waals surface area contributed by atoms with Crippen molar-refractivity contribution < 1.29 is 18.8 Å². The van der Waals surface area contributed by atoms with Gasteiger partial charge in [0.05, 0.1) is 12.0 Å². The summed E-state index contributed by atoms with van der Waals surface area (Å²) in [5.74, 6) is -2.08. The number of methoxy groups -OCH3 is 1. The minimum Gasteiger partial charge on any atom is -0.465 e. The van der Waals surface area contributed by atoms with Gasteiger partial charge in [0.1, 0.15) is 5.56 Å². The number of esters is 1. The normalized spacial score (nSPS) is 9.80. The van der Waals surface area contributed by atoms with Gasteiger partial charge in [0.25, 0.3) is 0 Å². The largest absolute Gasteiger partial charge is 0.465 e. The van der Waals surface area contributed by atoms with Crippen molar-refractivity contribution in [2.75, 3.05) is 7.11 Å². The molecule has 0 saturated carbocycles. The second-order valence-corrected chi connectivity index (χ2v) is 2.84. The van der Waals surface area contributed by atoms with E-state index in [0.717, 1.165) is 13.2 Å². The van der Waals surface area contributed by atoms with E-state index in [-0.39, 0.29) is 0 Å². The third-order valence-electron chi connectivity index (χ3n) is 1.92. The summed E-state index contributed by atoms with van der Waals surface area (Å²) in [5, 5.41) is 10.4. The number of rotatable bonds is 2. The van der Waals surface area contributed by atoms with Crippen molar-refractivity contribution in [1.29, 1.82) is 0 Å². The van der Waals surface area contributed by atoms with Crippen molar-refractivity contribution in [3.8, 4) is 0 Å². The molecule has 0 atom stereocenters. The first kappa shape index (κ1) is 11.1. The number of nitrogens with zero attached hydrogens (tertiary/aromatic N) is 1. The first-order valence-corrected chi connectivity index (χ1v) is 4.00. The maximum absolute atomic E-state index is 13.5. The van der Waals surface area contributed by atoms with E-state index >= 15 is 0 Å². The Bertz CT molecular complexity index is 430. The summed E-state index contributed by atoms with van der Waals surface area (Å²) < 4.78 is 17.8. The number of hydrogen-bond acceptors (Lipinski definition) is 4. The van der Waals surface area contributed by atoms with E-state index in [2.05, 4.69) is 4.74 Å². The maximum atomic E-state index is 13.5. The second-order valence-electron chi connectivity index (χ2n) is 2.84. The van der Waals surface area contributed by atoms with E-state index in [0.29, 0.717) is 5.56 Å². The Morgan fingerprint density at radius 2 is 2.13 bits per heavy atom. The van der Waals surface area contributed by atoms with Crippen LogP contribution in [0.2, 0.25) is 0 Å². The van der Waals surface area contributed by atoms with Gasteiger partial charge in [-0.05, 0) is 12.5 Å². The van der Waals surface area contributed by atoms with E-state index in [1.165, 1.54) is 13.0 Å². The van der Waals surface area contributed by atoms with Crippen LogP contribution in [0.4, 0.5) is 10.1 Å². The molecule has 1 aromatic rings. The lowest BCUT2D eigenvalue weighted by atomic mass is 10.1. The zero-order valence-corrected chi connectivity index (χ0v) is 8.11. The van der Waals surface area contributed by atoms with Crippen LogP contribution in [0.15, 0.2) is 12.1 Å². The van der Waals surface area contributed by atoms with Gasteiger partial charge in [-0.2, -0.15) is 4.39 Å². The lowest BCUT2D eigenvalue weighted by molar-refractivity contribution is -0.387. The van der Waals surface area contributed by atoms with Crippen LogP contribution in [0, 0.1) is 22.9 Å². The molecule has 0 aliphatic rings. The molecule has 0 aromatic heterocycles. The number of carbonyl (C=O) groups excluding carboxylic acids is 1. The SMILES string of the molecule is COC(=O)c1c(C)ccc([N+](=O)[O-])c1F. The topological polar surface area (TPSA) is 69.4 Å². The minimum atomic E-state index is -1.16. The van der Waals surface area contributed by atoms with Gasteiger partial charge < -0.3 is 4.74 Å². The van der Waals surface area contributed by atoms with Crippen LogP contribution in [-0.2, 0) is 4.74 Å². The van der Waals surface area contributed by atoms with Crippen LogP contribution in [0.3, 0.4) is 0 Å². The molecule has 1 rings (SSSR count). The molecule has 5 nitrogen and oxygen atoms in total. The molecule has 0 aliphatic carbocycles. The van der Waals surface area contributed by atoms with Gasteiger partial charge in [-0.15, -0.1) is 0 Å². The van der Waals surface area contributed by atoms with E-state index in [9.17, 15) is 19.3 Å². The van der Waals surface area contributed by atoms with Gasteiger partial charge >= 0.3 is 11.7 Å². The molecule has 0 bridgehead atoms. The van der Waals surface area contributed by atoms with Gasteiger partial charge in [0, 0.05) is 6.07 Å². The fourth-order valence-electron chi connectivity index (χ4n) is 1.16. The van der Waals surface area contributed by atoms with E-state index < -0.39 is 28.0 Å². The van der Waals surface area contributed by atoms with Gasteiger partial charge in [-0.25, -0.2) is 4.79 Å². The summed E-state index contributed by atoms with van der Waals surface area (Å²) in [6.07, 6.45) is 0. The molecule has 0 heterocycles. The van der Waals surface area contributed by atoms with Crippen LogP contribution in [0.1, 0.15) is 15.9 Å². The number of nitro groups is 1. The average molecular weight is 213 g/mol. The molecule has 1 aromatic carbocycles. The smallest absolute Gasteiger partial charge is 0.341 e. The highest BCUT2D eigenvalue weighted by Gasteiger charge is 2.24. The van der Waals surface area contributed by atoms with Crippen LogP contribution in [0.5, 0.6) is 0 Å². The number of aryl methyl sites for hydroxylation is 1. The van der Waals surface area contributed by atoms with Crippen molar-refractivity contribution in [3.05, 3.63) is 39.2 Å². The highest BCUT2D eigenvalue weighted by molar-refractivity contribution is 5.92. The van der Waals surface area contributed by atoms with Crippen LogP contribution in [-0.4, -0.2) is 18.0 Å². The Morgan fingerprint density at radius 1 is 1.53 bits per heavy atom. The van der Waals surface area contributed by atoms with Crippen LogP contribution in [0.25, 0.3) is 0 Å². The number of nitro benzene ring substituents is 1. The number of benzene rings is 1. The summed E-state index contributed by atoms with van der Waals surface area (Å²) >= 11 is 0. The molecule has 0 spiro atoms. The Balaban J connectivity index is 3.43. The quantitative estimate of drug-likeness (QED) is 0.427. The third-order valence-corrected chi connectivity index (χ3v) is 1.92. The lowest BCUT2D eigenvalue weighted by Crippen LogP contribution is -2.09. The second kappa shape index (κ2) is 4.04.